The zero-order valence-corrected chi connectivity index (χ0v) is 32.0. The Morgan fingerprint density at radius 1 is 0.448 bits per heavy atom. The van der Waals surface area contributed by atoms with Gasteiger partial charge in [-0.2, -0.15) is 0 Å². The smallest absolute Gasteiger partial charge is 0.160 e. The molecule has 10 aromatic rings. The van der Waals surface area contributed by atoms with E-state index in [1.807, 2.05) is 48.0 Å². The van der Waals surface area contributed by atoms with E-state index in [2.05, 4.69) is 157 Å². The number of aromatic nitrogens is 4. The Balaban J connectivity index is 1.12. The minimum Gasteiger partial charge on any atom is -0.264 e. The maximum absolute atomic E-state index is 5.31. The average Bonchev–Trinajstić information content (AvgIpc) is 3.77. The number of pyridine rings is 2. The van der Waals surface area contributed by atoms with Crippen LogP contribution in [0.5, 0.6) is 0 Å². The van der Waals surface area contributed by atoms with Crippen LogP contribution in [-0.2, 0) is 5.41 Å². The van der Waals surface area contributed by atoms with Crippen LogP contribution < -0.4 is 0 Å². The van der Waals surface area contributed by atoms with Crippen molar-refractivity contribution in [3.8, 4) is 56.3 Å². The summed E-state index contributed by atoms with van der Waals surface area (Å²) in [5, 5.41) is 2.64. The molecule has 0 N–H and O–H groups in total. The van der Waals surface area contributed by atoms with Gasteiger partial charge in [0.2, 0.25) is 0 Å². The van der Waals surface area contributed by atoms with E-state index in [9.17, 15) is 0 Å². The van der Waals surface area contributed by atoms with Gasteiger partial charge in [0.15, 0.2) is 5.82 Å². The normalized spacial score (nSPS) is 14.9. The van der Waals surface area contributed by atoms with Crippen molar-refractivity contribution in [1.82, 2.24) is 19.9 Å². The monoisotopic (exact) mass is 756 g/mol. The first-order chi connectivity index (χ1) is 28.7. The topological polar surface area (TPSA) is 51.6 Å². The lowest BCUT2D eigenvalue weighted by Gasteiger charge is -2.35. The Labute approximate surface area is 339 Å². The van der Waals surface area contributed by atoms with E-state index in [1.54, 1.807) is 6.20 Å². The molecule has 2 aliphatic carbocycles. The van der Waals surface area contributed by atoms with Crippen molar-refractivity contribution >= 4 is 43.7 Å². The number of rotatable bonds is 4. The highest BCUT2D eigenvalue weighted by molar-refractivity contribution is 7.26. The summed E-state index contributed by atoms with van der Waals surface area (Å²) in [5.74, 6) is 0.665. The van der Waals surface area contributed by atoms with E-state index in [-0.39, 0.29) is 0 Å². The first kappa shape index (κ1) is 32.9. The van der Waals surface area contributed by atoms with Gasteiger partial charge in [-0.05, 0) is 93.0 Å². The van der Waals surface area contributed by atoms with Gasteiger partial charge in [-0.15, -0.1) is 11.3 Å². The lowest BCUT2D eigenvalue weighted by molar-refractivity contribution is 0.767. The zero-order valence-electron chi connectivity index (χ0n) is 31.2. The van der Waals surface area contributed by atoms with E-state index in [0.717, 1.165) is 39.3 Å². The van der Waals surface area contributed by atoms with Crippen LogP contribution in [0.25, 0.3) is 88.6 Å². The van der Waals surface area contributed by atoms with Gasteiger partial charge >= 0.3 is 0 Å². The Kier molecular flexibility index (Phi) is 7.28. The third-order valence-corrected chi connectivity index (χ3v) is 13.0. The molecule has 1 spiro atoms. The number of nitrogens with zero attached hydrogens (tertiary/aromatic N) is 4. The Morgan fingerprint density at radius 2 is 1.17 bits per heavy atom. The van der Waals surface area contributed by atoms with Gasteiger partial charge in [0.1, 0.15) is 0 Å². The highest BCUT2D eigenvalue weighted by Gasteiger charge is 2.49. The van der Waals surface area contributed by atoms with Gasteiger partial charge in [0.25, 0.3) is 0 Å². The van der Waals surface area contributed by atoms with Crippen LogP contribution >= 0.6 is 11.3 Å². The van der Waals surface area contributed by atoms with Crippen molar-refractivity contribution < 1.29 is 0 Å². The fraction of sp³-hybridized carbons (Fsp3) is 0.0189. The molecule has 0 saturated carbocycles. The molecule has 12 rings (SSSR count). The van der Waals surface area contributed by atoms with Gasteiger partial charge in [0.05, 0.1) is 22.5 Å². The maximum Gasteiger partial charge on any atom is 0.160 e. The Bertz CT molecular complexity index is 3280. The van der Waals surface area contributed by atoms with Crippen molar-refractivity contribution in [2.24, 2.45) is 0 Å². The highest BCUT2D eigenvalue weighted by atomic mass is 32.1. The molecular weight excluding hydrogens is 725 g/mol. The highest BCUT2D eigenvalue weighted by Crippen LogP contribution is 2.61. The summed E-state index contributed by atoms with van der Waals surface area (Å²) in [7, 11) is 0. The molecule has 58 heavy (non-hydrogen) atoms. The first-order valence-electron chi connectivity index (χ1n) is 19.5. The van der Waals surface area contributed by atoms with E-state index in [0.29, 0.717) is 5.82 Å². The van der Waals surface area contributed by atoms with Crippen LogP contribution in [0.15, 0.2) is 182 Å². The van der Waals surface area contributed by atoms with Crippen molar-refractivity contribution in [2.75, 3.05) is 0 Å². The molecule has 4 heterocycles. The van der Waals surface area contributed by atoms with Gasteiger partial charge in [-0.25, -0.2) is 9.97 Å². The third kappa shape index (κ3) is 4.87. The molecule has 0 aliphatic heterocycles. The zero-order chi connectivity index (χ0) is 38.2. The van der Waals surface area contributed by atoms with E-state index >= 15 is 0 Å². The van der Waals surface area contributed by atoms with Gasteiger partial charge in [-0.3, -0.25) is 9.97 Å². The van der Waals surface area contributed by atoms with Crippen molar-refractivity contribution in [1.29, 1.82) is 0 Å². The first-order valence-corrected chi connectivity index (χ1v) is 20.3. The summed E-state index contributed by atoms with van der Waals surface area (Å²) in [5.41, 5.74) is 15.9. The summed E-state index contributed by atoms with van der Waals surface area (Å²) in [6.45, 7) is 0. The SMILES string of the molecule is C1=Cc2ccc(-c3nc(-c4ccccc4)cc(-c4ccc(-c5cccnc5)nc4)n3)cc2C2(c3ccccc31)c1ccccc1-c1c2ccc2sc3ccccc3c12. The largest absolute Gasteiger partial charge is 0.264 e. The summed E-state index contributed by atoms with van der Waals surface area (Å²) in [6, 6.07) is 58.9. The molecule has 1 atom stereocenters. The molecule has 270 valence electrons. The van der Waals surface area contributed by atoms with Crippen LogP contribution in [0.2, 0.25) is 0 Å². The quantitative estimate of drug-likeness (QED) is 0.179. The second-order valence-corrected chi connectivity index (χ2v) is 16.1. The van der Waals surface area contributed by atoms with Gasteiger partial charge in [0, 0.05) is 61.0 Å². The van der Waals surface area contributed by atoms with Gasteiger partial charge in [-0.1, -0.05) is 127 Å². The number of fused-ring (bicyclic) bond motifs is 13. The summed E-state index contributed by atoms with van der Waals surface area (Å²) in [4.78, 5) is 19.7. The molecule has 0 fully saturated rings. The number of benzene rings is 6. The molecule has 4 nitrogen and oxygen atoms in total. The summed E-state index contributed by atoms with van der Waals surface area (Å²) >= 11 is 1.87. The molecule has 1 unspecified atom stereocenters. The predicted octanol–water partition coefficient (Wildman–Crippen LogP) is 13.1. The molecule has 5 heteroatoms. The molecule has 0 amide bonds. The van der Waals surface area contributed by atoms with E-state index < -0.39 is 5.41 Å². The molecular formula is C53H32N4S. The Hall–Kier alpha value is -7.34. The molecule has 6 aromatic carbocycles. The lowest BCUT2D eigenvalue weighted by atomic mass is 9.65. The Morgan fingerprint density at radius 3 is 2.02 bits per heavy atom. The van der Waals surface area contributed by atoms with Crippen LogP contribution in [0.3, 0.4) is 0 Å². The second-order valence-electron chi connectivity index (χ2n) is 15.0. The molecule has 0 bridgehead atoms. The molecule has 2 aliphatic rings. The van der Waals surface area contributed by atoms with Crippen molar-refractivity contribution in [3.05, 3.63) is 216 Å². The maximum atomic E-state index is 5.31. The van der Waals surface area contributed by atoms with Gasteiger partial charge < -0.3 is 0 Å². The van der Waals surface area contributed by atoms with E-state index in [4.69, 9.17) is 15.0 Å². The van der Waals surface area contributed by atoms with Crippen LogP contribution in [0.4, 0.5) is 0 Å². The van der Waals surface area contributed by atoms with Crippen LogP contribution in [0, 0.1) is 0 Å². The minimum atomic E-state index is -0.597. The third-order valence-electron chi connectivity index (χ3n) is 11.9. The predicted molar refractivity (Wildman–Crippen MR) is 238 cm³/mol. The number of hydrogen-bond acceptors (Lipinski definition) is 5. The summed E-state index contributed by atoms with van der Waals surface area (Å²) in [6.07, 6.45) is 10.1. The van der Waals surface area contributed by atoms with Crippen LogP contribution in [-0.4, -0.2) is 19.9 Å². The number of thiophene rings is 1. The molecule has 0 saturated heterocycles. The lowest BCUT2D eigenvalue weighted by Crippen LogP contribution is -2.30. The fourth-order valence-electron chi connectivity index (χ4n) is 9.35. The molecule has 4 aromatic heterocycles. The standard InChI is InChI=1S/C53H32N4S/c1-2-12-35(13-3-1)46-30-47(38-24-26-45(55-32-38)37-14-10-28-54-31-37)57-52(56-46)36-23-22-34-21-20-33-11-4-7-17-41(33)53(44(34)29-36)42-18-8-5-15-39(42)50-43(53)25-27-49-51(50)40-16-6-9-19-48(40)58-49/h1-32H. The average molecular weight is 757 g/mol. The van der Waals surface area contributed by atoms with Crippen molar-refractivity contribution in [3.63, 3.8) is 0 Å². The minimum absolute atomic E-state index is 0.597. The van der Waals surface area contributed by atoms with Crippen molar-refractivity contribution in [2.45, 2.75) is 5.41 Å². The second kappa shape index (κ2) is 12.8. The van der Waals surface area contributed by atoms with Crippen LogP contribution in [0.1, 0.15) is 33.4 Å². The molecule has 0 radical (unpaired) electrons. The fourth-order valence-corrected chi connectivity index (χ4v) is 10.5. The number of hydrogen-bond donors (Lipinski definition) is 0. The van der Waals surface area contributed by atoms with E-state index in [1.165, 1.54) is 64.7 Å². The summed E-state index contributed by atoms with van der Waals surface area (Å²) < 4.78 is 2.62.